The van der Waals surface area contributed by atoms with Gasteiger partial charge < -0.3 is 5.10 Å². The summed E-state index contributed by atoms with van der Waals surface area (Å²) in [4.78, 5) is 11.7. The third-order valence-corrected chi connectivity index (χ3v) is 3.51. The monoisotopic (exact) mass is 282 g/mol. The van der Waals surface area contributed by atoms with E-state index < -0.39 is 0 Å². The van der Waals surface area contributed by atoms with E-state index in [1.54, 1.807) is 12.1 Å². The van der Waals surface area contributed by atoms with Gasteiger partial charge in [-0.1, -0.05) is 31.0 Å². The molecule has 102 valence electrons. The average Bonchev–Trinajstić information content (AvgIpc) is 2.71. The zero-order valence-electron chi connectivity index (χ0n) is 10.7. The van der Waals surface area contributed by atoms with E-state index in [0.717, 1.165) is 18.5 Å². The third-order valence-electron chi connectivity index (χ3n) is 3.15. The van der Waals surface area contributed by atoms with Crippen LogP contribution in [0.2, 0.25) is 5.02 Å². The smallest absolute Gasteiger partial charge is 0.267 e. The van der Waals surface area contributed by atoms with Crippen molar-refractivity contribution in [3.05, 3.63) is 56.2 Å². The van der Waals surface area contributed by atoms with Crippen LogP contribution in [0.3, 0.4) is 0 Å². The van der Waals surface area contributed by atoms with Crippen molar-refractivity contribution in [2.45, 2.75) is 32.6 Å². The fraction of sp³-hybridized carbons (Fsp3) is 0.357. The number of benzene rings is 1. The Morgan fingerprint density at radius 3 is 2.58 bits per heavy atom. The van der Waals surface area contributed by atoms with Gasteiger partial charge in [-0.25, -0.2) is 4.39 Å². The SMILES string of the molecule is CCCc1[nH][nH]c(=O)c1CCc1c(F)cccc1Cl. The van der Waals surface area contributed by atoms with Crippen LogP contribution in [0.15, 0.2) is 23.0 Å². The van der Waals surface area contributed by atoms with Gasteiger partial charge in [0.15, 0.2) is 0 Å². The lowest BCUT2D eigenvalue weighted by atomic mass is 10.0. The lowest BCUT2D eigenvalue weighted by Gasteiger charge is -2.05. The molecule has 5 heteroatoms. The summed E-state index contributed by atoms with van der Waals surface area (Å²) in [6, 6.07) is 4.62. The molecule has 3 nitrogen and oxygen atoms in total. The van der Waals surface area contributed by atoms with Gasteiger partial charge in [0.2, 0.25) is 0 Å². The average molecular weight is 283 g/mol. The minimum atomic E-state index is -0.323. The highest BCUT2D eigenvalue weighted by molar-refractivity contribution is 6.31. The van der Waals surface area contributed by atoms with Gasteiger partial charge in [0.1, 0.15) is 5.82 Å². The lowest BCUT2D eigenvalue weighted by molar-refractivity contribution is 0.608. The molecule has 0 amide bonds. The Morgan fingerprint density at radius 1 is 1.16 bits per heavy atom. The molecule has 0 aliphatic rings. The van der Waals surface area contributed by atoms with Crippen LogP contribution in [0.4, 0.5) is 4.39 Å². The van der Waals surface area contributed by atoms with Crippen molar-refractivity contribution in [2.75, 3.05) is 0 Å². The highest BCUT2D eigenvalue weighted by Crippen LogP contribution is 2.20. The molecule has 0 fully saturated rings. The molecule has 0 aliphatic heterocycles. The maximum absolute atomic E-state index is 13.7. The predicted octanol–water partition coefficient (Wildman–Crippen LogP) is 3.23. The van der Waals surface area contributed by atoms with Crippen LogP contribution in [0.5, 0.6) is 0 Å². The summed E-state index contributed by atoms with van der Waals surface area (Å²) in [6.45, 7) is 2.04. The van der Waals surface area contributed by atoms with E-state index >= 15 is 0 Å². The Labute approximate surface area is 115 Å². The van der Waals surface area contributed by atoms with Gasteiger partial charge in [-0.15, -0.1) is 0 Å². The molecule has 1 aromatic carbocycles. The van der Waals surface area contributed by atoms with E-state index in [1.807, 2.05) is 6.92 Å². The largest absolute Gasteiger partial charge is 0.302 e. The molecule has 2 aromatic rings. The van der Waals surface area contributed by atoms with E-state index in [2.05, 4.69) is 10.2 Å². The maximum atomic E-state index is 13.7. The normalized spacial score (nSPS) is 10.9. The first-order chi connectivity index (χ1) is 9.13. The summed E-state index contributed by atoms with van der Waals surface area (Å²) in [5.74, 6) is -0.323. The first-order valence-electron chi connectivity index (χ1n) is 6.34. The molecule has 1 heterocycles. The van der Waals surface area contributed by atoms with Gasteiger partial charge in [-0.05, 0) is 31.4 Å². The van der Waals surface area contributed by atoms with E-state index in [1.165, 1.54) is 6.07 Å². The number of H-pyrrole nitrogens is 2. The van der Waals surface area contributed by atoms with Gasteiger partial charge in [-0.2, -0.15) is 0 Å². The molecule has 19 heavy (non-hydrogen) atoms. The summed E-state index contributed by atoms with van der Waals surface area (Å²) >= 11 is 5.98. The zero-order chi connectivity index (χ0) is 13.8. The number of halogens is 2. The van der Waals surface area contributed by atoms with Gasteiger partial charge in [0.05, 0.1) is 0 Å². The van der Waals surface area contributed by atoms with Crippen molar-refractivity contribution in [3.63, 3.8) is 0 Å². The molecule has 0 atom stereocenters. The molecule has 0 radical (unpaired) electrons. The molecular formula is C14H16ClFN2O. The molecule has 2 rings (SSSR count). The van der Waals surface area contributed by atoms with Crippen LogP contribution in [0.25, 0.3) is 0 Å². The highest BCUT2D eigenvalue weighted by atomic mass is 35.5. The second-order valence-corrected chi connectivity index (χ2v) is 4.89. The number of aryl methyl sites for hydroxylation is 1. The standard InChI is InChI=1S/C14H16ClFN2O/c1-2-4-13-10(14(19)18-17-13)8-7-9-11(15)5-3-6-12(9)16/h3,5-6H,2,4,7-8H2,1H3,(H2,17,18,19). The van der Waals surface area contributed by atoms with Crippen LogP contribution >= 0.6 is 11.6 Å². The number of rotatable bonds is 5. The van der Waals surface area contributed by atoms with Gasteiger partial charge in [-0.3, -0.25) is 9.89 Å². The Hall–Kier alpha value is -1.55. The second-order valence-electron chi connectivity index (χ2n) is 4.49. The van der Waals surface area contributed by atoms with Crippen LogP contribution in [-0.4, -0.2) is 10.2 Å². The Balaban J connectivity index is 2.19. The Bertz CT molecular complexity index is 598. The Morgan fingerprint density at radius 2 is 1.89 bits per heavy atom. The first-order valence-corrected chi connectivity index (χ1v) is 6.72. The van der Waals surface area contributed by atoms with Crippen LogP contribution in [0.1, 0.15) is 30.2 Å². The van der Waals surface area contributed by atoms with Crippen molar-refractivity contribution < 1.29 is 4.39 Å². The van der Waals surface area contributed by atoms with Crippen molar-refractivity contribution in [2.24, 2.45) is 0 Å². The van der Waals surface area contributed by atoms with E-state index in [4.69, 9.17) is 11.6 Å². The quantitative estimate of drug-likeness (QED) is 0.869. The minimum Gasteiger partial charge on any atom is -0.302 e. The summed E-state index contributed by atoms with van der Waals surface area (Å²) in [6.07, 6.45) is 2.65. The molecule has 2 N–H and O–H groups in total. The first kappa shape index (κ1) is 13.9. The topological polar surface area (TPSA) is 48.6 Å². The minimum absolute atomic E-state index is 0.129. The molecule has 0 bridgehead atoms. The summed E-state index contributed by atoms with van der Waals surface area (Å²) in [7, 11) is 0. The summed E-state index contributed by atoms with van der Waals surface area (Å²) < 4.78 is 13.7. The number of hydrogen-bond acceptors (Lipinski definition) is 1. The second kappa shape index (κ2) is 6.06. The third kappa shape index (κ3) is 3.07. The van der Waals surface area contributed by atoms with Crippen molar-refractivity contribution in [3.8, 4) is 0 Å². The van der Waals surface area contributed by atoms with Gasteiger partial charge >= 0.3 is 0 Å². The van der Waals surface area contributed by atoms with Crippen LogP contribution in [0, 0.1) is 5.82 Å². The number of aromatic nitrogens is 2. The maximum Gasteiger partial charge on any atom is 0.267 e. The molecule has 0 saturated carbocycles. The predicted molar refractivity (Wildman–Crippen MR) is 74.2 cm³/mol. The molecule has 0 spiro atoms. The number of hydrogen-bond donors (Lipinski definition) is 2. The molecular weight excluding hydrogens is 267 g/mol. The van der Waals surface area contributed by atoms with E-state index in [9.17, 15) is 9.18 Å². The van der Waals surface area contributed by atoms with Crippen molar-refractivity contribution >= 4 is 11.6 Å². The van der Waals surface area contributed by atoms with E-state index in [-0.39, 0.29) is 11.4 Å². The van der Waals surface area contributed by atoms with E-state index in [0.29, 0.717) is 29.0 Å². The zero-order valence-corrected chi connectivity index (χ0v) is 11.5. The molecule has 0 aliphatic carbocycles. The number of nitrogens with one attached hydrogen (secondary N) is 2. The van der Waals surface area contributed by atoms with Crippen molar-refractivity contribution in [1.29, 1.82) is 0 Å². The molecule has 0 unspecified atom stereocenters. The van der Waals surface area contributed by atoms with Gasteiger partial charge in [0.25, 0.3) is 5.56 Å². The van der Waals surface area contributed by atoms with Crippen LogP contribution in [-0.2, 0) is 19.3 Å². The van der Waals surface area contributed by atoms with Crippen molar-refractivity contribution in [1.82, 2.24) is 10.2 Å². The lowest BCUT2D eigenvalue weighted by Crippen LogP contribution is -2.09. The van der Waals surface area contributed by atoms with Crippen LogP contribution < -0.4 is 5.56 Å². The highest BCUT2D eigenvalue weighted by Gasteiger charge is 2.12. The summed E-state index contributed by atoms with van der Waals surface area (Å²) in [5, 5.41) is 5.86. The fourth-order valence-electron chi connectivity index (χ4n) is 2.17. The number of aromatic amines is 2. The molecule has 1 aromatic heterocycles. The Kier molecular flexibility index (Phi) is 4.43. The molecule has 0 saturated heterocycles. The summed E-state index contributed by atoms with van der Waals surface area (Å²) in [5.41, 5.74) is 1.93. The van der Waals surface area contributed by atoms with Gasteiger partial charge in [0, 0.05) is 21.8 Å². The fourth-order valence-corrected chi connectivity index (χ4v) is 2.43.